The third-order valence-corrected chi connectivity index (χ3v) is 5.75. The van der Waals surface area contributed by atoms with Crippen LogP contribution in [0.4, 0.5) is 11.4 Å². The summed E-state index contributed by atoms with van der Waals surface area (Å²) < 4.78 is 23.6. The lowest BCUT2D eigenvalue weighted by atomic mass is 10.1. The summed E-state index contributed by atoms with van der Waals surface area (Å²) in [5, 5.41) is 13.8. The van der Waals surface area contributed by atoms with E-state index in [1.54, 1.807) is 13.0 Å². The zero-order valence-corrected chi connectivity index (χ0v) is 13.2. The first-order chi connectivity index (χ1) is 9.70. The largest absolute Gasteiger partial charge is 0.381 e. The third-order valence-electron chi connectivity index (χ3n) is 4.08. The van der Waals surface area contributed by atoms with E-state index in [4.69, 9.17) is 0 Å². The van der Waals surface area contributed by atoms with Gasteiger partial charge in [0, 0.05) is 29.6 Å². The summed E-state index contributed by atoms with van der Waals surface area (Å²) in [6.07, 6.45) is 3.51. The molecule has 0 bridgehead atoms. The molecule has 0 amide bonds. The van der Waals surface area contributed by atoms with E-state index in [9.17, 15) is 18.5 Å². The van der Waals surface area contributed by atoms with Crippen molar-refractivity contribution in [3.8, 4) is 0 Å². The Morgan fingerprint density at radius 2 is 1.90 bits per heavy atom. The Labute approximate surface area is 124 Å². The highest BCUT2D eigenvalue weighted by Gasteiger charge is 2.35. The molecule has 116 valence electrons. The summed E-state index contributed by atoms with van der Waals surface area (Å²) in [4.78, 5) is 10.6. The van der Waals surface area contributed by atoms with Crippen molar-refractivity contribution in [3.05, 3.63) is 33.4 Å². The van der Waals surface area contributed by atoms with Gasteiger partial charge < -0.3 is 5.32 Å². The topological polar surface area (TPSA) is 89.3 Å². The highest BCUT2D eigenvalue weighted by atomic mass is 32.2. The van der Waals surface area contributed by atoms with Gasteiger partial charge in [0.2, 0.25) is 0 Å². The number of nitrogens with one attached hydrogen (secondary N) is 1. The van der Waals surface area contributed by atoms with Crippen LogP contribution < -0.4 is 5.32 Å². The smallest absolute Gasteiger partial charge is 0.274 e. The Morgan fingerprint density at radius 3 is 2.48 bits per heavy atom. The highest BCUT2D eigenvalue weighted by molar-refractivity contribution is 7.91. The van der Waals surface area contributed by atoms with E-state index in [0.29, 0.717) is 17.7 Å². The van der Waals surface area contributed by atoms with Crippen molar-refractivity contribution in [2.24, 2.45) is 0 Å². The molecule has 0 spiro atoms. The summed E-state index contributed by atoms with van der Waals surface area (Å²) >= 11 is 0. The van der Waals surface area contributed by atoms with Crippen molar-refractivity contribution in [2.75, 3.05) is 11.6 Å². The molecule has 2 unspecified atom stereocenters. The molecule has 21 heavy (non-hydrogen) atoms. The molecule has 1 aromatic rings. The van der Waals surface area contributed by atoms with Crippen molar-refractivity contribution < 1.29 is 13.3 Å². The Kier molecular flexibility index (Phi) is 4.22. The number of anilines is 1. The van der Waals surface area contributed by atoms with E-state index >= 15 is 0 Å². The van der Waals surface area contributed by atoms with Gasteiger partial charge in [0.15, 0.2) is 9.84 Å². The summed E-state index contributed by atoms with van der Waals surface area (Å²) in [6, 6.07) is 3.08. The zero-order chi connectivity index (χ0) is 15.8. The fourth-order valence-corrected chi connectivity index (χ4v) is 4.39. The average Bonchev–Trinajstić information content (AvgIpc) is 2.80. The predicted molar refractivity (Wildman–Crippen MR) is 82.5 cm³/mol. The van der Waals surface area contributed by atoms with E-state index < -0.39 is 20.0 Å². The lowest BCUT2D eigenvalue weighted by Crippen LogP contribution is -2.34. The SMILES string of the molecule is Cc1cc(C)c([N+](=O)[O-])cc1NC1CCCC1S(C)(=O)=O. The second-order valence-electron chi connectivity index (χ2n) is 5.76. The molecule has 1 N–H and O–H groups in total. The first kappa shape index (κ1) is 15.8. The maximum absolute atomic E-state index is 11.8. The summed E-state index contributed by atoms with van der Waals surface area (Å²) in [7, 11) is -3.12. The number of hydrogen-bond donors (Lipinski definition) is 1. The fourth-order valence-electron chi connectivity index (χ4n) is 3.00. The average molecular weight is 312 g/mol. The van der Waals surface area contributed by atoms with Gasteiger partial charge >= 0.3 is 0 Å². The molecular weight excluding hydrogens is 292 g/mol. The number of rotatable bonds is 4. The number of nitro groups is 1. The van der Waals surface area contributed by atoms with Gasteiger partial charge in [-0.1, -0.05) is 0 Å². The van der Waals surface area contributed by atoms with E-state index in [1.165, 1.54) is 12.3 Å². The number of nitrogens with zero attached hydrogens (tertiary/aromatic N) is 1. The van der Waals surface area contributed by atoms with E-state index in [0.717, 1.165) is 18.4 Å². The van der Waals surface area contributed by atoms with Crippen molar-refractivity contribution in [2.45, 2.75) is 44.4 Å². The van der Waals surface area contributed by atoms with Gasteiger partial charge in [-0.3, -0.25) is 10.1 Å². The minimum absolute atomic E-state index is 0.0528. The highest BCUT2D eigenvalue weighted by Crippen LogP contribution is 2.31. The third kappa shape index (κ3) is 3.34. The number of sulfone groups is 1. The predicted octanol–water partition coefficient (Wildman–Crippen LogP) is 2.59. The lowest BCUT2D eigenvalue weighted by molar-refractivity contribution is -0.385. The molecule has 1 aliphatic rings. The number of aryl methyl sites for hydroxylation is 2. The summed E-state index contributed by atoms with van der Waals surface area (Å²) in [5.74, 6) is 0. The maximum Gasteiger partial charge on any atom is 0.274 e. The molecule has 1 saturated carbocycles. The first-order valence-corrected chi connectivity index (χ1v) is 8.86. The maximum atomic E-state index is 11.8. The van der Waals surface area contributed by atoms with Crippen LogP contribution in [0.2, 0.25) is 0 Å². The molecule has 6 nitrogen and oxygen atoms in total. The number of nitro benzene ring substituents is 1. The lowest BCUT2D eigenvalue weighted by Gasteiger charge is -2.22. The summed E-state index contributed by atoms with van der Waals surface area (Å²) in [5.41, 5.74) is 2.19. The Hall–Kier alpha value is -1.63. The molecule has 0 radical (unpaired) electrons. The van der Waals surface area contributed by atoms with Gasteiger partial charge in [-0.05, 0) is 44.7 Å². The molecule has 0 heterocycles. The van der Waals surface area contributed by atoms with Crippen LogP contribution in [0.25, 0.3) is 0 Å². The van der Waals surface area contributed by atoms with Gasteiger partial charge in [-0.2, -0.15) is 0 Å². The van der Waals surface area contributed by atoms with E-state index in [2.05, 4.69) is 5.32 Å². The number of hydrogen-bond acceptors (Lipinski definition) is 5. The standard InChI is InChI=1S/C14H20N2O4S/c1-9-7-10(2)13(16(17)18)8-12(9)15-11-5-4-6-14(11)21(3,19)20/h7-8,11,14-15H,4-6H2,1-3H3. The monoisotopic (exact) mass is 312 g/mol. The molecular formula is C14H20N2O4S. The van der Waals surface area contributed by atoms with Crippen LogP contribution in [-0.4, -0.2) is 30.9 Å². The first-order valence-electron chi connectivity index (χ1n) is 6.91. The van der Waals surface area contributed by atoms with Crippen LogP contribution in [-0.2, 0) is 9.84 Å². The minimum Gasteiger partial charge on any atom is -0.381 e. The zero-order valence-electron chi connectivity index (χ0n) is 12.4. The normalized spacial score (nSPS) is 22.2. The van der Waals surface area contributed by atoms with Crippen LogP contribution in [0.5, 0.6) is 0 Å². The van der Waals surface area contributed by atoms with Crippen LogP contribution >= 0.6 is 0 Å². The van der Waals surface area contributed by atoms with Crippen LogP contribution in [0, 0.1) is 24.0 Å². The van der Waals surface area contributed by atoms with Crippen molar-refractivity contribution >= 4 is 21.2 Å². The molecule has 7 heteroatoms. The number of benzene rings is 1. The second kappa shape index (κ2) is 5.63. The van der Waals surface area contributed by atoms with Gasteiger partial charge in [0.25, 0.3) is 5.69 Å². The van der Waals surface area contributed by atoms with Crippen molar-refractivity contribution in [1.29, 1.82) is 0 Å². The molecule has 0 aliphatic heterocycles. The Morgan fingerprint density at radius 1 is 1.24 bits per heavy atom. The van der Waals surface area contributed by atoms with Crippen LogP contribution in [0.15, 0.2) is 12.1 Å². The van der Waals surface area contributed by atoms with E-state index in [1.807, 2.05) is 6.92 Å². The van der Waals surface area contributed by atoms with Gasteiger partial charge in [-0.25, -0.2) is 8.42 Å². The van der Waals surface area contributed by atoms with Crippen LogP contribution in [0.1, 0.15) is 30.4 Å². The second-order valence-corrected chi connectivity index (χ2v) is 8.02. The Bertz CT molecular complexity index is 670. The van der Waals surface area contributed by atoms with Gasteiger partial charge in [0.05, 0.1) is 10.2 Å². The quantitative estimate of drug-likeness (QED) is 0.682. The molecule has 0 saturated heterocycles. The van der Waals surface area contributed by atoms with Crippen molar-refractivity contribution in [1.82, 2.24) is 0 Å². The van der Waals surface area contributed by atoms with Crippen molar-refractivity contribution in [3.63, 3.8) is 0 Å². The fraction of sp³-hybridized carbons (Fsp3) is 0.571. The summed E-state index contributed by atoms with van der Waals surface area (Å²) in [6.45, 7) is 3.56. The molecule has 1 aliphatic carbocycles. The molecule has 2 rings (SSSR count). The minimum atomic E-state index is -3.12. The molecule has 1 aromatic carbocycles. The van der Waals surface area contributed by atoms with E-state index in [-0.39, 0.29) is 11.7 Å². The van der Waals surface area contributed by atoms with Gasteiger partial charge in [0.1, 0.15) is 0 Å². The molecule has 2 atom stereocenters. The van der Waals surface area contributed by atoms with Crippen LogP contribution in [0.3, 0.4) is 0 Å². The van der Waals surface area contributed by atoms with Gasteiger partial charge in [-0.15, -0.1) is 0 Å². The molecule has 0 aromatic heterocycles. The molecule has 1 fully saturated rings. The Balaban J connectivity index is 2.31.